The van der Waals surface area contributed by atoms with Crippen LogP contribution in [0.4, 0.5) is 0 Å². The van der Waals surface area contributed by atoms with Crippen LogP contribution in [-0.4, -0.2) is 29.4 Å². The Morgan fingerprint density at radius 1 is 1.07 bits per heavy atom. The maximum Gasteiger partial charge on any atom is 0.226 e. The van der Waals surface area contributed by atoms with Gasteiger partial charge in [0.1, 0.15) is 0 Å². The molecule has 1 aliphatic carbocycles. The van der Waals surface area contributed by atoms with Gasteiger partial charge in [0.25, 0.3) is 0 Å². The molecule has 0 bridgehead atoms. The number of carbonyl (C=O) groups is 1. The van der Waals surface area contributed by atoms with Gasteiger partial charge in [0.05, 0.1) is 6.04 Å². The molecular formula is C24H28N2O. The second-order valence-electron chi connectivity index (χ2n) is 7.81. The highest BCUT2D eigenvalue weighted by Gasteiger charge is 2.35. The number of rotatable bonds is 5. The van der Waals surface area contributed by atoms with Crippen LogP contribution >= 0.6 is 0 Å². The smallest absolute Gasteiger partial charge is 0.226 e. The molecule has 3 heteroatoms. The second-order valence-corrected chi connectivity index (χ2v) is 7.81. The highest BCUT2D eigenvalue weighted by Crippen LogP contribution is 2.27. The van der Waals surface area contributed by atoms with Crippen LogP contribution in [0, 0.1) is 0 Å². The van der Waals surface area contributed by atoms with Gasteiger partial charge >= 0.3 is 0 Å². The molecule has 1 saturated heterocycles. The van der Waals surface area contributed by atoms with E-state index in [-0.39, 0.29) is 18.0 Å². The Labute approximate surface area is 161 Å². The molecule has 2 aromatic carbocycles. The monoisotopic (exact) mass is 360 g/mol. The molecule has 2 aromatic rings. The third kappa shape index (κ3) is 4.14. The lowest BCUT2D eigenvalue weighted by atomic mass is 9.96. The molecule has 2 atom stereocenters. The number of allylic oxidation sites excluding steroid dienone is 1. The fourth-order valence-electron chi connectivity index (χ4n) is 4.39. The zero-order valence-electron chi connectivity index (χ0n) is 15.8. The summed E-state index contributed by atoms with van der Waals surface area (Å²) in [4.78, 5) is 14.9. The van der Waals surface area contributed by atoms with Crippen molar-refractivity contribution in [2.24, 2.45) is 5.73 Å². The van der Waals surface area contributed by atoms with E-state index in [0.29, 0.717) is 6.42 Å². The van der Waals surface area contributed by atoms with Gasteiger partial charge in [-0.05, 0) is 48.8 Å². The minimum absolute atomic E-state index is 0.0619. The summed E-state index contributed by atoms with van der Waals surface area (Å²) in [6, 6.07) is 19.2. The van der Waals surface area contributed by atoms with Crippen LogP contribution in [0.3, 0.4) is 0 Å². The van der Waals surface area contributed by atoms with Crippen LogP contribution in [0.15, 0.2) is 66.2 Å². The minimum Gasteiger partial charge on any atom is -0.337 e. The van der Waals surface area contributed by atoms with Gasteiger partial charge in [0.2, 0.25) is 5.91 Å². The lowest BCUT2D eigenvalue weighted by molar-refractivity contribution is -0.131. The Morgan fingerprint density at radius 3 is 2.67 bits per heavy atom. The predicted octanol–water partition coefficient (Wildman–Crippen LogP) is 4.32. The molecule has 0 saturated carbocycles. The van der Waals surface area contributed by atoms with E-state index in [1.54, 1.807) is 0 Å². The highest BCUT2D eigenvalue weighted by molar-refractivity contribution is 5.79. The van der Waals surface area contributed by atoms with Gasteiger partial charge in [-0.15, -0.1) is 0 Å². The Morgan fingerprint density at radius 2 is 1.89 bits per heavy atom. The van der Waals surface area contributed by atoms with Crippen LogP contribution < -0.4 is 5.73 Å². The van der Waals surface area contributed by atoms with Gasteiger partial charge in [-0.25, -0.2) is 0 Å². The lowest BCUT2D eigenvalue weighted by Crippen LogP contribution is -2.44. The highest BCUT2D eigenvalue weighted by atomic mass is 16.2. The van der Waals surface area contributed by atoms with Crippen LogP contribution in [0.25, 0.3) is 11.1 Å². The summed E-state index contributed by atoms with van der Waals surface area (Å²) in [7, 11) is 0. The van der Waals surface area contributed by atoms with Crippen molar-refractivity contribution in [1.29, 1.82) is 0 Å². The molecule has 1 aliphatic heterocycles. The van der Waals surface area contributed by atoms with Gasteiger partial charge in [-0.2, -0.15) is 0 Å². The minimum atomic E-state index is 0.0619. The molecule has 0 radical (unpaired) electrons. The van der Waals surface area contributed by atoms with Crippen LogP contribution in [-0.2, 0) is 11.2 Å². The van der Waals surface area contributed by atoms with Gasteiger partial charge in [0.15, 0.2) is 0 Å². The van der Waals surface area contributed by atoms with Crippen molar-refractivity contribution in [3.8, 4) is 11.1 Å². The molecule has 2 aliphatic rings. The number of amides is 1. The van der Waals surface area contributed by atoms with Crippen molar-refractivity contribution in [3.05, 3.63) is 71.8 Å². The first-order chi connectivity index (χ1) is 13.2. The molecule has 1 heterocycles. The van der Waals surface area contributed by atoms with E-state index in [2.05, 4.69) is 54.6 Å². The van der Waals surface area contributed by atoms with Crippen molar-refractivity contribution in [1.82, 2.24) is 4.90 Å². The maximum absolute atomic E-state index is 12.9. The van der Waals surface area contributed by atoms with E-state index in [4.69, 9.17) is 5.73 Å². The van der Waals surface area contributed by atoms with Crippen molar-refractivity contribution >= 4 is 5.91 Å². The molecule has 1 fully saturated rings. The summed E-state index contributed by atoms with van der Waals surface area (Å²) in [5.41, 5.74) is 11.4. The summed E-state index contributed by atoms with van der Waals surface area (Å²) < 4.78 is 0. The fraction of sp³-hybridized carbons (Fsp3) is 0.375. The van der Waals surface area contributed by atoms with Gasteiger partial charge < -0.3 is 10.6 Å². The van der Waals surface area contributed by atoms with Crippen molar-refractivity contribution in [3.63, 3.8) is 0 Å². The number of benzene rings is 2. The van der Waals surface area contributed by atoms with E-state index in [9.17, 15) is 4.79 Å². The summed E-state index contributed by atoms with van der Waals surface area (Å²) in [5, 5.41) is 0. The van der Waals surface area contributed by atoms with Crippen molar-refractivity contribution in [2.75, 3.05) is 6.54 Å². The van der Waals surface area contributed by atoms with E-state index in [1.165, 1.54) is 28.7 Å². The molecule has 2 unspecified atom stereocenters. The van der Waals surface area contributed by atoms with Crippen molar-refractivity contribution < 1.29 is 4.79 Å². The van der Waals surface area contributed by atoms with Crippen molar-refractivity contribution in [2.45, 2.75) is 50.6 Å². The van der Waals surface area contributed by atoms with Gasteiger partial charge in [-0.3, -0.25) is 4.79 Å². The quantitative estimate of drug-likeness (QED) is 0.807. The van der Waals surface area contributed by atoms with Crippen LogP contribution in [0.5, 0.6) is 0 Å². The number of hydrogen-bond acceptors (Lipinski definition) is 2. The first-order valence-corrected chi connectivity index (χ1v) is 10.1. The Balaban J connectivity index is 1.49. The first kappa shape index (κ1) is 18.0. The molecule has 0 spiro atoms. The largest absolute Gasteiger partial charge is 0.337 e. The molecular weight excluding hydrogens is 332 g/mol. The molecule has 1 amide bonds. The fourth-order valence-corrected chi connectivity index (χ4v) is 4.39. The lowest BCUT2D eigenvalue weighted by Gasteiger charge is -2.27. The first-order valence-electron chi connectivity index (χ1n) is 10.1. The summed E-state index contributed by atoms with van der Waals surface area (Å²) in [6.45, 7) is 0.788. The number of carbonyl (C=O) groups excluding carboxylic acids is 1. The van der Waals surface area contributed by atoms with Crippen LogP contribution in [0.2, 0.25) is 0 Å². The molecule has 3 nitrogen and oxygen atoms in total. The Kier molecular flexibility index (Phi) is 5.40. The molecule has 2 N–H and O–H groups in total. The summed E-state index contributed by atoms with van der Waals surface area (Å²) in [5.74, 6) is 0.250. The van der Waals surface area contributed by atoms with E-state index in [1.807, 2.05) is 11.0 Å². The second kappa shape index (κ2) is 8.10. The SMILES string of the molecule is NC1CCN(C(=O)CC2=CCCC2)C1Cc1cccc(-c2ccccc2)c1. The summed E-state index contributed by atoms with van der Waals surface area (Å²) >= 11 is 0. The molecule has 27 heavy (non-hydrogen) atoms. The predicted molar refractivity (Wildman–Crippen MR) is 110 cm³/mol. The molecule has 4 rings (SSSR count). The third-order valence-corrected chi connectivity index (χ3v) is 5.91. The zero-order valence-corrected chi connectivity index (χ0v) is 15.8. The van der Waals surface area contributed by atoms with Gasteiger partial charge in [0, 0.05) is 19.0 Å². The molecule has 140 valence electrons. The zero-order chi connectivity index (χ0) is 18.6. The third-order valence-electron chi connectivity index (χ3n) is 5.91. The van der Waals surface area contributed by atoms with E-state index < -0.39 is 0 Å². The topological polar surface area (TPSA) is 46.3 Å². The normalized spacial score (nSPS) is 22.1. The number of hydrogen-bond donors (Lipinski definition) is 1. The average Bonchev–Trinajstić information content (AvgIpc) is 3.33. The molecule has 0 aromatic heterocycles. The van der Waals surface area contributed by atoms with E-state index >= 15 is 0 Å². The van der Waals surface area contributed by atoms with E-state index in [0.717, 1.165) is 32.2 Å². The number of nitrogens with zero attached hydrogens (tertiary/aromatic N) is 1. The van der Waals surface area contributed by atoms with Gasteiger partial charge in [-0.1, -0.05) is 66.2 Å². The Bertz CT molecular complexity index is 827. The Hall–Kier alpha value is -2.39. The number of likely N-dealkylation sites (tertiary alicyclic amines) is 1. The number of nitrogens with two attached hydrogens (primary N) is 1. The summed E-state index contributed by atoms with van der Waals surface area (Å²) in [6.07, 6.45) is 7.94. The maximum atomic E-state index is 12.9. The average molecular weight is 361 g/mol. The standard InChI is InChI=1S/C24H28N2O/c25-22-13-14-26(24(27)17-18-7-4-5-8-18)23(22)16-19-9-6-12-21(15-19)20-10-2-1-3-11-20/h1-3,6-7,9-12,15,22-23H,4-5,8,13-14,16-17,25H2. The van der Waals surface area contributed by atoms with Crippen LogP contribution in [0.1, 0.15) is 37.7 Å².